The minimum absolute atomic E-state index is 0.0962. The van der Waals surface area contributed by atoms with E-state index in [1.807, 2.05) is 0 Å². The fraction of sp³-hybridized carbons (Fsp3) is 0.733. The van der Waals surface area contributed by atoms with E-state index in [4.69, 9.17) is 4.74 Å². The monoisotopic (exact) mass is 315 g/mol. The van der Waals surface area contributed by atoms with Crippen LogP contribution in [0.15, 0.2) is 12.3 Å². The second-order valence-corrected chi connectivity index (χ2v) is 6.01. The number of rotatable bonds is 3. The number of alkyl halides is 3. The normalized spacial score (nSPS) is 22.1. The average molecular weight is 315 g/mol. The predicted molar refractivity (Wildman–Crippen MR) is 74.5 cm³/mol. The van der Waals surface area contributed by atoms with E-state index in [1.54, 1.807) is 0 Å². The highest BCUT2D eigenvalue weighted by atomic mass is 19.4. The predicted octanol–water partition coefficient (Wildman–Crippen LogP) is 3.28. The van der Waals surface area contributed by atoms with Gasteiger partial charge in [-0.25, -0.2) is 4.98 Å². The van der Waals surface area contributed by atoms with Crippen LogP contribution in [0.5, 0.6) is 6.01 Å². The lowest BCUT2D eigenvalue weighted by Crippen LogP contribution is -2.43. The topological polar surface area (TPSA) is 38.2 Å². The molecule has 0 amide bonds. The molecule has 22 heavy (non-hydrogen) atoms. The molecule has 4 nitrogen and oxygen atoms in total. The van der Waals surface area contributed by atoms with Gasteiger partial charge in [-0.15, -0.1) is 0 Å². The van der Waals surface area contributed by atoms with Crippen LogP contribution in [0.1, 0.15) is 44.2 Å². The molecule has 1 saturated carbocycles. The van der Waals surface area contributed by atoms with E-state index in [1.165, 1.54) is 25.7 Å². The van der Waals surface area contributed by atoms with E-state index in [9.17, 15) is 13.2 Å². The molecule has 1 aliphatic heterocycles. The van der Waals surface area contributed by atoms with Crippen molar-refractivity contribution in [3.63, 3.8) is 0 Å². The molecule has 1 aliphatic carbocycles. The number of halogens is 3. The molecule has 0 aromatic carbocycles. The van der Waals surface area contributed by atoms with Crippen molar-refractivity contribution in [2.75, 3.05) is 13.1 Å². The number of ether oxygens (including phenoxy) is 1. The number of nitrogens with zero attached hydrogens (tertiary/aromatic N) is 3. The van der Waals surface area contributed by atoms with Gasteiger partial charge in [0.1, 0.15) is 6.10 Å². The first-order valence-electron chi connectivity index (χ1n) is 7.83. The van der Waals surface area contributed by atoms with Gasteiger partial charge < -0.3 is 9.64 Å². The molecule has 1 saturated heterocycles. The van der Waals surface area contributed by atoms with Crippen LogP contribution < -0.4 is 4.74 Å². The highest BCUT2D eigenvalue weighted by molar-refractivity contribution is 5.09. The third-order valence-corrected chi connectivity index (χ3v) is 4.51. The maximum absolute atomic E-state index is 12.6. The molecular weight excluding hydrogens is 295 g/mol. The minimum atomic E-state index is -4.47. The highest BCUT2D eigenvalue weighted by Gasteiger charge is 2.33. The Balaban J connectivity index is 1.54. The minimum Gasteiger partial charge on any atom is -0.460 e. The summed E-state index contributed by atoms with van der Waals surface area (Å²) in [6, 6.07) is 1.37. The van der Waals surface area contributed by atoms with E-state index in [-0.39, 0.29) is 12.1 Å². The standard InChI is InChI=1S/C15H20F3N3O/c16-15(17,18)13-5-8-19-14(20-13)22-12-6-9-21(10-7-12)11-3-1-2-4-11/h5,8,11-12H,1-4,6-7,9-10H2. The van der Waals surface area contributed by atoms with Gasteiger partial charge in [0.25, 0.3) is 0 Å². The second kappa shape index (κ2) is 6.40. The quantitative estimate of drug-likeness (QED) is 0.858. The molecule has 7 heteroatoms. The lowest BCUT2D eigenvalue weighted by Gasteiger charge is -2.35. The van der Waals surface area contributed by atoms with Gasteiger partial charge in [-0.3, -0.25) is 0 Å². The first kappa shape index (κ1) is 15.5. The van der Waals surface area contributed by atoms with Gasteiger partial charge in [0.05, 0.1) is 0 Å². The van der Waals surface area contributed by atoms with Gasteiger partial charge >= 0.3 is 12.2 Å². The Labute approximate surface area is 127 Å². The Bertz CT molecular complexity index is 495. The molecule has 0 radical (unpaired) electrons. The lowest BCUT2D eigenvalue weighted by atomic mass is 10.0. The number of piperidine rings is 1. The molecule has 1 aromatic heterocycles. The van der Waals surface area contributed by atoms with Gasteiger partial charge in [-0.1, -0.05) is 12.8 Å². The van der Waals surface area contributed by atoms with Crippen LogP contribution in [0, 0.1) is 0 Å². The summed E-state index contributed by atoms with van der Waals surface area (Å²) in [6.07, 6.45) is 3.31. The maximum atomic E-state index is 12.6. The summed E-state index contributed by atoms with van der Waals surface area (Å²) in [7, 11) is 0. The van der Waals surface area contributed by atoms with Gasteiger partial charge in [0.2, 0.25) is 0 Å². The molecule has 0 spiro atoms. The average Bonchev–Trinajstić information content (AvgIpc) is 3.02. The summed E-state index contributed by atoms with van der Waals surface area (Å²) in [5.41, 5.74) is -0.958. The number of hydrogen-bond donors (Lipinski definition) is 0. The fourth-order valence-corrected chi connectivity index (χ4v) is 3.33. The van der Waals surface area contributed by atoms with Crippen LogP contribution in [-0.2, 0) is 6.18 Å². The van der Waals surface area contributed by atoms with Crippen molar-refractivity contribution in [2.45, 2.75) is 56.8 Å². The Hall–Kier alpha value is -1.37. The molecular formula is C15H20F3N3O. The smallest absolute Gasteiger partial charge is 0.433 e. The SMILES string of the molecule is FC(F)(F)c1ccnc(OC2CCN(C3CCCC3)CC2)n1. The zero-order chi connectivity index (χ0) is 15.6. The van der Waals surface area contributed by atoms with Crippen molar-refractivity contribution in [1.29, 1.82) is 0 Å². The van der Waals surface area contributed by atoms with Crippen LogP contribution >= 0.6 is 0 Å². The molecule has 3 rings (SSSR count). The van der Waals surface area contributed by atoms with Gasteiger partial charge in [-0.2, -0.15) is 18.2 Å². The van der Waals surface area contributed by atoms with Crippen LogP contribution in [0.2, 0.25) is 0 Å². The molecule has 0 N–H and O–H groups in total. The molecule has 122 valence electrons. The lowest BCUT2D eigenvalue weighted by molar-refractivity contribution is -0.141. The van der Waals surface area contributed by atoms with E-state index < -0.39 is 11.9 Å². The van der Waals surface area contributed by atoms with Crippen LogP contribution in [0.25, 0.3) is 0 Å². The third kappa shape index (κ3) is 3.69. The zero-order valence-electron chi connectivity index (χ0n) is 12.4. The van der Waals surface area contributed by atoms with Crippen molar-refractivity contribution in [3.05, 3.63) is 18.0 Å². The second-order valence-electron chi connectivity index (χ2n) is 6.01. The van der Waals surface area contributed by atoms with Gasteiger partial charge in [-0.05, 0) is 31.7 Å². The summed E-state index contributed by atoms with van der Waals surface area (Å²) in [5.74, 6) is 0. The molecule has 1 aromatic rings. The van der Waals surface area contributed by atoms with E-state index in [0.717, 1.165) is 38.2 Å². The van der Waals surface area contributed by atoms with Crippen molar-refractivity contribution < 1.29 is 17.9 Å². The Morgan fingerprint density at radius 3 is 2.41 bits per heavy atom. The molecule has 2 aliphatic rings. The highest BCUT2D eigenvalue weighted by Crippen LogP contribution is 2.29. The zero-order valence-corrected chi connectivity index (χ0v) is 12.4. The number of aromatic nitrogens is 2. The maximum Gasteiger partial charge on any atom is 0.433 e. The fourth-order valence-electron chi connectivity index (χ4n) is 3.33. The van der Waals surface area contributed by atoms with E-state index >= 15 is 0 Å². The Morgan fingerprint density at radius 2 is 1.77 bits per heavy atom. The Kier molecular flexibility index (Phi) is 4.52. The van der Waals surface area contributed by atoms with Gasteiger partial charge in [0, 0.05) is 25.3 Å². The molecule has 2 fully saturated rings. The molecule has 2 heterocycles. The first-order chi connectivity index (χ1) is 10.5. The third-order valence-electron chi connectivity index (χ3n) is 4.51. The number of hydrogen-bond acceptors (Lipinski definition) is 4. The van der Waals surface area contributed by atoms with Crippen LogP contribution in [0.4, 0.5) is 13.2 Å². The van der Waals surface area contributed by atoms with Crippen LogP contribution in [-0.4, -0.2) is 40.1 Å². The van der Waals surface area contributed by atoms with E-state index in [2.05, 4.69) is 14.9 Å². The van der Waals surface area contributed by atoms with Crippen molar-refractivity contribution in [2.24, 2.45) is 0 Å². The summed E-state index contributed by atoms with van der Waals surface area (Å²) >= 11 is 0. The summed E-state index contributed by atoms with van der Waals surface area (Å²) < 4.78 is 43.4. The molecule has 0 bridgehead atoms. The largest absolute Gasteiger partial charge is 0.460 e. The first-order valence-corrected chi connectivity index (χ1v) is 7.83. The van der Waals surface area contributed by atoms with E-state index in [0.29, 0.717) is 6.04 Å². The van der Waals surface area contributed by atoms with Crippen molar-refractivity contribution in [1.82, 2.24) is 14.9 Å². The summed E-state index contributed by atoms with van der Waals surface area (Å²) in [6.45, 7) is 1.88. The molecule has 0 atom stereocenters. The van der Waals surface area contributed by atoms with Crippen molar-refractivity contribution in [3.8, 4) is 6.01 Å². The van der Waals surface area contributed by atoms with Crippen LogP contribution in [0.3, 0.4) is 0 Å². The van der Waals surface area contributed by atoms with Crippen molar-refractivity contribution >= 4 is 0 Å². The molecule has 0 unspecified atom stereocenters. The van der Waals surface area contributed by atoms with Gasteiger partial charge in [0.15, 0.2) is 5.69 Å². The summed E-state index contributed by atoms with van der Waals surface area (Å²) in [5, 5.41) is 0. The summed E-state index contributed by atoms with van der Waals surface area (Å²) in [4.78, 5) is 9.75. The number of likely N-dealkylation sites (tertiary alicyclic amines) is 1. The Morgan fingerprint density at radius 1 is 1.09 bits per heavy atom.